The molecule has 1 N–H and O–H groups in total. The number of nitro benzene ring substituents is 1. The maximum absolute atomic E-state index is 11.8. The third kappa shape index (κ3) is 4.29. The number of nitrogens with one attached hydrogen (secondary N) is 1. The zero-order valence-electron chi connectivity index (χ0n) is 12.1. The van der Waals surface area contributed by atoms with Crippen LogP contribution in [0.3, 0.4) is 0 Å². The van der Waals surface area contributed by atoms with E-state index in [2.05, 4.69) is 5.32 Å². The highest BCUT2D eigenvalue weighted by atomic mass is 32.1. The number of amides is 1. The van der Waals surface area contributed by atoms with E-state index in [1.807, 2.05) is 12.3 Å². The Morgan fingerprint density at radius 1 is 1.36 bits per heavy atom. The molecule has 1 heterocycles. The Morgan fingerprint density at radius 2 is 2.09 bits per heavy atom. The molecule has 1 amide bonds. The zero-order chi connectivity index (χ0) is 15.9. The number of nitro groups is 1. The largest absolute Gasteiger partial charge is 0.489 e. The highest BCUT2D eigenvalue weighted by Gasteiger charge is 2.09. The number of non-ortho nitro benzene ring substituents is 1. The van der Waals surface area contributed by atoms with Crippen molar-refractivity contribution < 1.29 is 14.5 Å². The van der Waals surface area contributed by atoms with E-state index in [0.717, 1.165) is 12.0 Å². The molecule has 1 aromatic carbocycles. The third-order valence-corrected chi connectivity index (χ3v) is 3.84. The fraction of sp³-hybridized carbons (Fsp3) is 0.267. The van der Waals surface area contributed by atoms with Gasteiger partial charge in [-0.3, -0.25) is 14.9 Å². The lowest BCUT2D eigenvalue weighted by Crippen LogP contribution is -2.22. The lowest BCUT2D eigenvalue weighted by atomic mass is 10.3. The van der Waals surface area contributed by atoms with Crippen LogP contribution in [0.15, 0.2) is 35.7 Å². The third-order valence-electron chi connectivity index (χ3n) is 2.87. The SMILES string of the molecule is CCCNC(=O)c1cc(COc2ccc([N+](=O)[O-])cc2)cs1. The fourth-order valence-electron chi connectivity index (χ4n) is 1.73. The van der Waals surface area contributed by atoms with Crippen LogP contribution < -0.4 is 10.1 Å². The van der Waals surface area contributed by atoms with Crippen LogP contribution in [0.5, 0.6) is 5.75 Å². The van der Waals surface area contributed by atoms with Crippen molar-refractivity contribution in [3.63, 3.8) is 0 Å². The topological polar surface area (TPSA) is 81.5 Å². The normalized spacial score (nSPS) is 10.2. The fourth-order valence-corrected chi connectivity index (χ4v) is 2.54. The highest BCUT2D eigenvalue weighted by Crippen LogP contribution is 2.20. The van der Waals surface area contributed by atoms with Gasteiger partial charge < -0.3 is 10.1 Å². The molecule has 0 unspecified atom stereocenters. The summed E-state index contributed by atoms with van der Waals surface area (Å²) in [5.41, 5.74) is 0.919. The predicted octanol–water partition coefficient (Wildman–Crippen LogP) is 3.38. The first-order valence-electron chi connectivity index (χ1n) is 6.83. The Labute approximate surface area is 131 Å². The molecule has 0 saturated carbocycles. The molecule has 7 heteroatoms. The number of benzene rings is 1. The molecule has 0 aliphatic rings. The zero-order valence-corrected chi connectivity index (χ0v) is 12.9. The molecule has 0 fully saturated rings. The van der Waals surface area contributed by atoms with Gasteiger partial charge in [-0.05, 0) is 30.0 Å². The highest BCUT2D eigenvalue weighted by molar-refractivity contribution is 7.12. The summed E-state index contributed by atoms with van der Waals surface area (Å²) in [5, 5.41) is 15.2. The van der Waals surface area contributed by atoms with Gasteiger partial charge in [-0.25, -0.2) is 0 Å². The maximum atomic E-state index is 11.8. The Bertz CT molecular complexity index is 652. The van der Waals surface area contributed by atoms with Crippen LogP contribution in [0, 0.1) is 10.1 Å². The van der Waals surface area contributed by atoms with Gasteiger partial charge in [-0.1, -0.05) is 6.92 Å². The number of ether oxygens (including phenoxy) is 1. The van der Waals surface area contributed by atoms with Crippen LogP contribution in [0.4, 0.5) is 5.69 Å². The van der Waals surface area contributed by atoms with E-state index in [-0.39, 0.29) is 11.6 Å². The van der Waals surface area contributed by atoms with E-state index in [4.69, 9.17) is 4.74 Å². The van der Waals surface area contributed by atoms with Crippen molar-refractivity contribution in [2.75, 3.05) is 6.54 Å². The number of hydrogen-bond acceptors (Lipinski definition) is 5. The Balaban J connectivity index is 1.90. The van der Waals surface area contributed by atoms with Gasteiger partial charge in [0.1, 0.15) is 12.4 Å². The number of nitrogens with zero attached hydrogens (tertiary/aromatic N) is 1. The number of thiophene rings is 1. The van der Waals surface area contributed by atoms with E-state index >= 15 is 0 Å². The van der Waals surface area contributed by atoms with Crippen LogP contribution in [0.1, 0.15) is 28.6 Å². The summed E-state index contributed by atoms with van der Waals surface area (Å²) < 4.78 is 5.55. The molecule has 2 rings (SSSR count). The summed E-state index contributed by atoms with van der Waals surface area (Å²) in [7, 11) is 0. The molecule has 22 heavy (non-hydrogen) atoms. The second-order valence-electron chi connectivity index (χ2n) is 4.61. The van der Waals surface area contributed by atoms with Gasteiger partial charge in [0.05, 0.1) is 9.80 Å². The lowest BCUT2D eigenvalue weighted by Gasteiger charge is -2.04. The monoisotopic (exact) mass is 320 g/mol. The molecule has 0 spiro atoms. The van der Waals surface area contributed by atoms with Crippen LogP contribution >= 0.6 is 11.3 Å². The first-order chi connectivity index (χ1) is 10.6. The molecule has 0 atom stereocenters. The summed E-state index contributed by atoms with van der Waals surface area (Å²) in [6, 6.07) is 7.69. The number of carbonyl (C=O) groups is 1. The molecule has 2 aromatic rings. The van der Waals surface area contributed by atoms with E-state index < -0.39 is 4.92 Å². The predicted molar refractivity (Wildman–Crippen MR) is 84.4 cm³/mol. The Hall–Kier alpha value is -2.41. The minimum Gasteiger partial charge on any atom is -0.489 e. The maximum Gasteiger partial charge on any atom is 0.269 e. The van der Waals surface area contributed by atoms with Crippen molar-refractivity contribution in [3.05, 3.63) is 56.3 Å². The summed E-state index contributed by atoms with van der Waals surface area (Å²) in [6.45, 7) is 2.97. The quantitative estimate of drug-likeness (QED) is 0.626. The first kappa shape index (κ1) is 16.0. The first-order valence-corrected chi connectivity index (χ1v) is 7.71. The van der Waals surface area contributed by atoms with E-state index in [0.29, 0.717) is 23.8 Å². The van der Waals surface area contributed by atoms with Crippen LogP contribution in [-0.4, -0.2) is 17.4 Å². The summed E-state index contributed by atoms with van der Waals surface area (Å²) >= 11 is 1.37. The Kier molecular flexibility index (Phi) is 5.48. The van der Waals surface area contributed by atoms with Gasteiger partial charge in [-0.2, -0.15) is 0 Å². The van der Waals surface area contributed by atoms with Gasteiger partial charge in [0, 0.05) is 24.2 Å². The van der Waals surface area contributed by atoms with Crippen LogP contribution in [-0.2, 0) is 6.61 Å². The molecule has 0 bridgehead atoms. The van der Waals surface area contributed by atoms with Crippen LogP contribution in [0.2, 0.25) is 0 Å². The second-order valence-corrected chi connectivity index (χ2v) is 5.53. The standard InChI is InChI=1S/C15H16N2O4S/c1-2-7-16-15(18)14-8-11(10-22-14)9-21-13-5-3-12(4-6-13)17(19)20/h3-6,8,10H,2,7,9H2,1H3,(H,16,18). The number of carbonyl (C=O) groups excluding carboxylic acids is 1. The molecular weight excluding hydrogens is 304 g/mol. The van der Waals surface area contributed by atoms with Crippen molar-refractivity contribution in [3.8, 4) is 5.75 Å². The van der Waals surface area contributed by atoms with Crippen LogP contribution in [0.25, 0.3) is 0 Å². The minimum absolute atomic E-state index is 0.0257. The van der Waals surface area contributed by atoms with Gasteiger partial charge >= 0.3 is 0 Å². The van der Waals surface area contributed by atoms with E-state index in [9.17, 15) is 14.9 Å². The molecule has 1 aromatic heterocycles. The number of hydrogen-bond donors (Lipinski definition) is 1. The van der Waals surface area contributed by atoms with Gasteiger partial charge in [0.25, 0.3) is 11.6 Å². The van der Waals surface area contributed by atoms with Crippen molar-refractivity contribution in [1.29, 1.82) is 0 Å². The molecule has 0 saturated heterocycles. The summed E-state index contributed by atoms with van der Waals surface area (Å²) in [6.07, 6.45) is 0.896. The lowest BCUT2D eigenvalue weighted by molar-refractivity contribution is -0.384. The van der Waals surface area contributed by atoms with Crippen molar-refractivity contribution in [1.82, 2.24) is 5.32 Å². The van der Waals surface area contributed by atoms with Gasteiger partial charge in [0.2, 0.25) is 0 Å². The van der Waals surface area contributed by atoms with E-state index in [1.54, 1.807) is 18.2 Å². The average Bonchev–Trinajstić information content (AvgIpc) is 3.00. The van der Waals surface area contributed by atoms with E-state index in [1.165, 1.54) is 23.5 Å². The Morgan fingerprint density at radius 3 is 2.73 bits per heavy atom. The molecule has 6 nitrogen and oxygen atoms in total. The smallest absolute Gasteiger partial charge is 0.269 e. The second kappa shape index (κ2) is 7.56. The molecular formula is C15H16N2O4S. The average molecular weight is 320 g/mol. The number of rotatable bonds is 7. The van der Waals surface area contributed by atoms with Crippen molar-refractivity contribution in [2.45, 2.75) is 20.0 Å². The van der Waals surface area contributed by atoms with Crippen molar-refractivity contribution in [2.24, 2.45) is 0 Å². The molecule has 116 valence electrons. The molecule has 0 radical (unpaired) electrons. The minimum atomic E-state index is -0.455. The van der Waals surface area contributed by atoms with Gasteiger partial charge in [0.15, 0.2) is 0 Å². The summed E-state index contributed by atoms with van der Waals surface area (Å²) in [4.78, 5) is 22.5. The molecule has 0 aliphatic heterocycles. The molecule has 0 aliphatic carbocycles. The summed E-state index contributed by atoms with van der Waals surface area (Å²) in [5.74, 6) is 0.474. The van der Waals surface area contributed by atoms with Crippen molar-refractivity contribution >= 4 is 22.9 Å². The van der Waals surface area contributed by atoms with Gasteiger partial charge in [-0.15, -0.1) is 11.3 Å².